The molecule has 0 aliphatic heterocycles. The molecule has 12 N–H and O–H groups in total. The molecule has 6 amide bonds. The zero-order chi connectivity index (χ0) is 63.8. The normalized spacial score (nSPS) is 11.6. The van der Waals surface area contributed by atoms with E-state index in [0.717, 1.165) is 108 Å². The highest BCUT2D eigenvalue weighted by molar-refractivity contribution is 5.95. The van der Waals surface area contributed by atoms with Gasteiger partial charge in [-0.1, -0.05) is 36.4 Å². The van der Waals surface area contributed by atoms with Gasteiger partial charge in [0, 0.05) is 56.0 Å². The van der Waals surface area contributed by atoms with E-state index >= 15 is 0 Å². The molecule has 18 heteroatoms. The number of ether oxygens (including phenoxy) is 3. The van der Waals surface area contributed by atoms with Crippen molar-refractivity contribution in [2.24, 2.45) is 17.2 Å². The SMILES string of the molecule is CC(C)(C)OC(=O)NCCCc1cc(CCCN)cc(C(=O)NCCCc2cc(CCCNC(=O)c3cc(CCCN)cc(CCCNC(=O)OC(C)(C)C)c3)cc(CCCNC(=O)c3cc(CCCN)cc(CCCNC(=O)OC(C)(C)C)c3)c2)c1. The van der Waals surface area contributed by atoms with Gasteiger partial charge in [-0.2, -0.15) is 0 Å². The van der Waals surface area contributed by atoms with Crippen molar-refractivity contribution in [3.8, 4) is 0 Å². The molecule has 0 radical (unpaired) electrons. The van der Waals surface area contributed by atoms with Crippen LogP contribution in [-0.4, -0.2) is 112 Å². The number of aryl methyl sites for hydroxylation is 9. The summed E-state index contributed by atoms with van der Waals surface area (Å²) in [5, 5.41) is 17.9. The maximum Gasteiger partial charge on any atom is 0.407 e. The van der Waals surface area contributed by atoms with Crippen molar-refractivity contribution in [1.29, 1.82) is 0 Å². The summed E-state index contributed by atoms with van der Waals surface area (Å²) in [7, 11) is 0. The Bertz CT molecular complexity index is 2510. The zero-order valence-corrected chi connectivity index (χ0v) is 53.9. The first-order valence-electron chi connectivity index (χ1n) is 31.7. The molecule has 0 heterocycles. The van der Waals surface area contributed by atoms with Crippen LogP contribution in [0, 0.1) is 0 Å². The molecule has 0 aliphatic carbocycles. The summed E-state index contributed by atoms with van der Waals surface area (Å²) < 4.78 is 16.1. The van der Waals surface area contributed by atoms with Crippen molar-refractivity contribution in [2.75, 3.05) is 58.9 Å². The van der Waals surface area contributed by atoms with Crippen molar-refractivity contribution in [3.05, 3.63) is 140 Å². The van der Waals surface area contributed by atoms with E-state index in [2.05, 4.69) is 68.3 Å². The monoisotopic (exact) mass is 1200 g/mol. The lowest BCUT2D eigenvalue weighted by atomic mass is 9.97. The molecule has 0 saturated carbocycles. The Labute approximate surface area is 519 Å². The summed E-state index contributed by atoms with van der Waals surface area (Å²) in [4.78, 5) is 77.8. The van der Waals surface area contributed by atoms with Crippen LogP contribution in [-0.2, 0) is 72.0 Å². The average molecular weight is 1200 g/mol. The zero-order valence-electron chi connectivity index (χ0n) is 53.9. The predicted molar refractivity (Wildman–Crippen MR) is 348 cm³/mol. The molecule has 0 atom stereocenters. The standard InChI is InChI=1S/C69H105N9O9/c1-67(2,3)85-64(82)76-34-16-25-55-40-52(19-10-28-70)43-58(46-55)61(79)73-31-13-22-49-37-50(23-14-32-74-62(80)59-44-53(20-11-29-71)41-56(47-59)26-17-35-77-65(83)86-68(4,5)6)39-51(38-49)24-15-33-75-63(81)60-45-54(21-12-30-72)42-57(48-60)27-18-36-78-66(84)87-69(7,8)9/h37-48H,10-36,70-72H2,1-9H3,(H,73,79)(H,74,80)(H,75,81)(H,76,82)(H,77,83)(H,78,84). The fourth-order valence-electron chi connectivity index (χ4n) is 9.92. The van der Waals surface area contributed by atoms with E-state index in [0.29, 0.717) is 133 Å². The summed E-state index contributed by atoms with van der Waals surface area (Å²) in [5.74, 6) is -0.435. The largest absolute Gasteiger partial charge is 0.444 e. The van der Waals surface area contributed by atoms with Crippen LogP contribution in [0.5, 0.6) is 0 Å². The number of amides is 6. The van der Waals surface area contributed by atoms with Gasteiger partial charge in [0.25, 0.3) is 17.7 Å². The van der Waals surface area contributed by atoms with Gasteiger partial charge in [0.05, 0.1) is 0 Å². The fraction of sp³-hybridized carbons (Fsp3) is 0.565. The highest BCUT2D eigenvalue weighted by Crippen LogP contribution is 2.20. The van der Waals surface area contributed by atoms with Crippen molar-refractivity contribution in [1.82, 2.24) is 31.9 Å². The molecule has 0 fully saturated rings. The summed E-state index contributed by atoms with van der Waals surface area (Å²) in [6.07, 6.45) is 11.7. The third-order valence-electron chi connectivity index (χ3n) is 13.8. The first-order chi connectivity index (χ1) is 41.3. The van der Waals surface area contributed by atoms with Crippen LogP contribution in [0.15, 0.2) is 72.8 Å². The number of hydrogen-bond acceptors (Lipinski definition) is 12. The van der Waals surface area contributed by atoms with Gasteiger partial charge < -0.3 is 63.3 Å². The maximum atomic E-state index is 13.7. The van der Waals surface area contributed by atoms with Gasteiger partial charge in [0.1, 0.15) is 16.8 Å². The van der Waals surface area contributed by atoms with Gasteiger partial charge in [-0.15, -0.1) is 0 Å². The summed E-state index contributed by atoms with van der Waals surface area (Å²) in [6.45, 7) is 20.8. The third-order valence-corrected chi connectivity index (χ3v) is 13.8. The van der Waals surface area contributed by atoms with Gasteiger partial charge in [0.2, 0.25) is 0 Å². The first-order valence-corrected chi connectivity index (χ1v) is 31.7. The van der Waals surface area contributed by atoms with Gasteiger partial charge in [-0.3, -0.25) is 14.4 Å². The molecule has 4 rings (SSSR count). The molecule has 4 aromatic rings. The molecule has 87 heavy (non-hydrogen) atoms. The topological polar surface area (TPSA) is 280 Å². The van der Waals surface area contributed by atoms with Crippen LogP contribution in [0.1, 0.15) is 201 Å². The number of benzene rings is 4. The molecule has 0 unspecified atom stereocenters. The average Bonchev–Trinajstić information content (AvgIpc) is 3.65. The van der Waals surface area contributed by atoms with Crippen molar-refractivity contribution in [3.63, 3.8) is 0 Å². The number of alkyl carbamates (subject to hydrolysis) is 3. The third kappa shape index (κ3) is 31.5. The lowest BCUT2D eigenvalue weighted by Gasteiger charge is -2.19. The molecule has 0 bridgehead atoms. The number of nitrogens with two attached hydrogens (primary N) is 3. The Balaban J connectivity index is 1.44. The Morgan fingerprint density at radius 1 is 0.287 bits per heavy atom. The van der Waals surface area contributed by atoms with Crippen LogP contribution in [0.2, 0.25) is 0 Å². The smallest absolute Gasteiger partial charge is 0.407 e. The van der Waals surface area contributed by atoms with E-state index in [1.165, 1.54) is 0 Å². The minimum atomic E-state index is -0.581. The lowest BCUT2D eigenvalue weighted by molar-refractivity contribution is 0.0515. The van der Waals surface area contributed by atoms with Gasteiger partial charge >= 0.3 is 18.3 Å². The van der Waals surface area contributed by atoms with Crippen LogP contribution >= 0.6 is 0 Å². The Kier molecular flexibility index (Phi) is 31.3. The predicted octanol–water partition coefficient (Wildman–Crippen LogP) is 9.82. The Morgan fingerprint density at radius 3 is 0.644 bits per heavy atom. The minimum absolute atomic E-state index is 0.145. The molecule has 18 nitrogen and oxygen atoms in total. The molecule has 480 valence electrons. The van der Waals surface area contributed by atoms with E-state index in [-0.39, 0.29) is 17.7 Å². The van der Waals surface area contributed by atoms with Crippen molar-refractivity contribution in [2.45, 2.75) is 195 Å². The lowest BCUT2D eigenvalue weighted by Crippen LogP contribution is -2.33. The van der Waals surface area contributed by atoms with Crippen LogP contribution in [0.25, 0.3) is 0 Å². The molecule has 0 aromatic heterocycles. The first kappa shape index (κ1) is 72.5. The second kappa shape index (κ2) is 37.6. The van der Waals surface area contributed by atoms with E-state index in [1.807, 2.05) is 98.7 Å². The molecule has 0 aliphatic rings. The van der Waals surface area contributed by atoms with Crippen LogP contribution < -0.4 is 49.1 Å². The number of nitrogens with one attached hydrogen (secondary N) is 6. The second-order valence-corrected chi connectivity index (χ2v) is 25.6. The van der Waals surface area contributed by atoms with E-state index in [9.17, 15) is 28.8 Å². The maximum absolute atomic E-state index is 13.7. The number of hydrogen-bond donors (Lipinski definition) is 9. The van der Waals surface area contributed by atoms with Gasteiger partial charge in [-0.05, 0) is 284 Å². The molecule has 0 saturated heterocycles. The van der Waals surface area contributed by atoms with Crippen molar-refractivity contribution >= 4 is 36.0 Å². The second-order valence-electron chi connectivity index (χ2n) is 25.6. The summed E-state index contributed by atoms with van der Waals surface area (Å²) in [6, 6.07) is 24.6. The van der Waals surface area contributed by atoms with E-state index in [4.69, 9.17) is 31.4 Å². The summed E-state index contributed by atoms with van der Waals surface area (Å²) in [5.41, 5.74) is 27.2. The number of rotatable bonds is 36. The highest BCUT2D eigenvalue weighted by atomic mass is 16.6. The molecular weight excluding hydrogens is 1100 g/mol. The van der Waals surface area contributed by atoms with E-state index < -0.39 is 35.1 Å². The van der Waals surface area contributed by atoms with Crippen LogP contribution in [0.4, 0.5) is 14.4 Å². The van der Waals surface area contributed by atoms with Gasteiger partial charge in [-0.25, -0.2) is 14.4 Å². The number of carbonyl (C=O) groups excluding carboxylic acids is 6. The minimum Gasteiger partial charge on any atom is -0.444 e. The van der Waals surface area contributed by atoms with Crippen LogP contribution in [0.3, 0.4) is 0 Å². The fourth-order valence-corrected chi connectivity index (χ4v) is 9.92. The Hall–Kier alpha value is -7.02. The van der Waals surface area contributed by atoms with Gasteiger partial charge in [0.15, 0.2) is 0 Å². The quantitative estimate of drug-likeness (QED) is 0.0152. The van der Waals surface area contributed by atoms with Crippen molar-refractivity contribution < 1.29 is 43.0 Å². The number of carbonyl (C=O) groups is 6. The summed E-state index contributed by atoms with van der Waals surface area (Å²) >= 11 is 0. The Morgan fingerprint density at radius 2 is 0.460 bits per heavy atom. The highest BCUT2D eigenvalue weighted by Gasteiger charge is 2.19. The molecular formula is C69H105N9O9. The molecule has 4 aromatic carbocycles. The molecule has 0 spiro atoms. The van der Waals surface area contributed by atoms with E-state index in [1.54, 1.807) is 0 Å².